The minimum atomic E-state index is -0.151. The molecule has 1 rings (SSSR count). The van der Waals surface area contributed by atoms with Gasteiger partial charge in [0.25, 0.3) is 0 Å². The number of hydrogen-bond acceptors (Lipinski definition) is 3. The number of nitrogens with one attached hydrogen (secondary N) is 1. The number of rotatable bonds is 6. The fraction of sp³-hybridized carbons (Fsp3) is 0.429. The molecule has 2 N–H and O–H groups in total. The van der Waals surface area contributed by atoms with Crippen molar-refractivity contribution in [3.8, 4) is 5.75 Å². The van der Waals surface area contributed by atoms with Crippen molar-refractivity contribution >= 4 is 17.4 Å². The van der Waals surface area contributed by atoms with Crippen LogP contribution in [0.5, 0.6) is 5.75 Å². The summed E-state index contributed by atoms with van der Waals surface area (Å²) in [5.74, 6) is -0.376. The molecule has 98 valence electrons. The van der Waals surface area contributed by atoms with Crippen LogP contribution >= 0.6 is 0 Å². The Kier molecular flexibility index (Phi) is 5.36. The molecule has 0 atom stereocenters. The maximum atomic E-state index is 11.9. The Morgan fingerprint density at radius 2 is 1.83 bits per heavy atom. The first kappa shape index (κ1) is 14.2. The number of phenolic OH excluding ortho intramolecular Hbond substituents is 1. The molecular weight excluding hydrogens is 230 g/mol. The zero-order chi connectivity index (χ0) is 13.5. The summed E-state index contributed by atoms with van der Waals surface area (Å²) in [4.78, 5) is 23.5. The molecule has 0 radical (unpaired) electrons. The topological polar surface area (TPSA) is 66.4 Å². The zero-order valence-corrected chi connectivity index (χ0v) is 10.8. The molecule has 0 spiro atoms. The lowest BCUT2D eigenvalue weighted by molar-refractivity contribution is -0.116. The summed E-state index contributed by atoms with van der Waals surface area (Å²) in [5.41, 5.74) is 0.607. The van der Waals surface area contributed by atoms with Crippen LogP contribution in [0, 0.1) is 0 Å². The van der Waals surface area contributed by atoms with E-state index in [-0.39, 0.29) is 23.0 Å². The van der Waals surface area contributed by atoms with Crippen molar-refractivity contribution in [1.82, 2.24) is 0 Å². The van der Waals surface area contributed by atoms with E-state index in [1.54, 1.807) is 12.1 Å². The number of anilines is 1. The maximum Gasteiger partial charge on any atom is 0.224 e. The Morgan fingerprint density at radius 1 is 1.17 bits per heavy atom. The number of aromatic hydroxyl groups is 1. The second-order valence-electron chi connectivity index (χ2n) is 4.17. The van der Waals surface area contributed by atoms with Gasteiger partial charge in [-0.15, -0.1) is 0 Å². The second-order valence-corrected chi connectivity index (χ2v) is 4.17. The van der Waals surface area contributed by atoms with Crippen LogP contribution in [-0.4, -0.2) is 16.8 Å². The molecule has 0 saturated heterocycles. The third-order valence-electron chi connectivity index (χ3n) is 2.55. The average Bonchev–Trinajstić information content (AvgIpc) is 2.29. The standard InChI is InChI=1S/C14H19NO3/c1-3-6-11(16)14-10(8-5-9-12(14)17)15-13(18)7-4-2/h5,8-9,17H,3-4,6-7H2,1-2H3,(H,15,18). The van der Waals surface area contributed by atoms with Crippen LogP contribution in [0.3, 0.4) is 0 Å². The second kappa shape index (κ2) is 6.79. The van der Waals surface area contributed by atoms with Crippen LogP contribution in [0.25, 0.3) is 0 Å². The molecule has 0 unspecified atom stereocenters. The van der Waals surface area contributed by atoms with Gasteiger partial charge < -0.3 is 10.4 Å². The lowest BCUT2D eigenvalue weighted by Gasteiger charge is -2.11. The number of Topliss-reactive ketones (excluding diaryl/α,β-unsaturated/α-hetero) is 1. The number of hydrogen-bond donors (Lipinski definition) is 2. The van der Waals surface area contributed by atoms with Gasteiger partial charge in [0.05, 0.1) is 11.3 Å². The van der Waals surface area contributed by atoms with Crippen molar-refractivity contribution in [1.29, 1.82) is 0 Å². The quantitative estimate of drug-likeness (QED) is 0.761. The largest absolute Gasteiger partial charge is 0.507 e. The molecule has 4 heteroatoms. The van der Waals surface area contributed by atoms with E-state index in [1.807, 2.05) is 13.8 Å². The molecule has 4 nitrogen and oxygen atoms in total. The minimum Gasteiger partial charge on any atom is -0.507 e. The summed E-state index contributed by atoms with van der Waals surface area (Å²) < 4.78 is 0. The average molecular weight is 249 g/mol. The number of amides is 1. The Morgan fingerprint density at radius 3 is 2.44 bits per heavy atom. The van der Waals surface area contributed by atoms with E-state index in [2.05, 4.69) is 5.32 Å². The molecule has 0 aliphatic rings. The molecule has 0 aromatic heterocycles. The highest BCUT2D eigenvalue weighted by molar-refractivity contribution is 6.06. The summed E-state index contributed by atoms with van der Waals surface area (Å²) in [5, 5.41) is 12.4. The highest BCUT2D eigenvalue weighted by Gasteiger charge is 2.16. The van der Waals surface area contributed by atoms with Crippen LogP contribution in [0.1, 0.15) is 49.9 Å². The summed E-state index contributed by atoms with van der Waals surface area (Å²) in [6, 6.07) is 4.70. The normalized spacial score (nSPS) is 10.1. The van der Waals surface area contributed by atoms with Crippen LogP contribution < -0.4 is 5.32 Å². The molecule has 1 aromatic rings. The number of ketones is 1. The van der Waals surface area contributed by atoms with E-state index in [0.717, 1.165) is 6.42 Å². The maximum absolute atomic E-state index is 11.9. The molecule has 18 heavy (non-hydrogen) atoms. The van der Waals surface area contributed by atoms with E-state index in [1.165, 1.54) is 6.07 Å². The lowest BCUT2D eigenvalue weighted by Crippen LogP contribution is -2.14. The van der Waals surface area contributed by atoms with Gasteiger partial charge in [-0.3, -0.25) is 9.59 Å². The Labute approximate surface area is 107 Å². The first-order valence-corrected chi connectivity index (χ1v) is 6.25. The van der Waals surface area contributed by atoms with Crippen LogP contribution in [0.2, 0.25) is 0 Å². The molecule has 0 heterocycles. The van der Waals surface area contributed by atoms with Crippen molar-refractivity contribution in [3.63, 3.8) is 0 Å². The highest BCUT2D eigenvalue weighted by Crippen LogP contribution is 2.27. The monoisotopic (exact) mass is 249 g/mol. The van der Waals surface area contributed by atoms with Crippen LogP contribution in [0.15, 0.2) is 18.2 Å². The summed E-state index contributed by atoms with van der Waals surface area (Å²) >= 11 is 0. The molecular formula is C14H19NO3. The van der Waals surface area contributed by atoms with Gasteiger partial charge >= 0.3 is 0 Å². The van der Waals surface area contributed by atoms with Crippen molar-refractivity contribution in [3.05, 3.63) is 23.8 Å². The third kappa shape index (κ3) is 3.58. The third-order valence-corrected chi connectivity index (χ3v) is 2.55. The van der Waals surface area contributed by atoms with Crippen molar-refractivity contribution in [2.75, 3.05) is 5.32 Å². The van der Waals surface area contributed by atoms with E-state index < -0.39 is 0 Å². The number of carbonyl (C=O) groups is 2. The van der Waals surface area contributed by atoms with Gasteiger partial charge in [-0.25, -0.2) is 0 Å². The fourth-order valence-corrected chi connectivity index (χ4v) is 1.73. The van der Waals surface area contributed by atoms with Crippen LogP contribution in [-0.2, 0) is 4.79 Å². The molecule has 1 aromatic carbocycles. The number of phenols is 1. The van der Waals surface area contributed by atoms with Gasteiger partial charge in [0, 0.05) is 12.8 Å². The summed E-state index contributed by atoms with van der Waals surface area (Å²) in [7, 11) is 0. The summed E-state index contributed by atoms with van der Waals surface area (Å²) in [6.07, 6.45) is 2.20. The first-order valence-electron chi connectivity index (χ1n) is 6.25. The zero-order valence-electron chi connectivity index (χ0n) is 10.8. The molecule has 0 fully saturated rings. The van der Waals surface area contributed by atoms with Gasteiger partial charge in [0.2, 0.25) is 5.91 Å². The summed E-state index contributed by atoms with van der Waals surface area (Å²) in [6.45, 7) is 3.80. The number of benzene rings is 1. The smallest absolute Gasteiger partial charge is 0.224 e. The SMILES string of the molecule is CCCC(=O)Nc1cccc(O)c1C(=O)CCC. The van der Waals surface area contributed by atoms with Gasteiger partial charge in [-0.05, 0) is 25.0 Å². The van der Waals surface area contributed by atoms with Crippen LogP contribution in [0.4, 0.5) is 5.69 Å². The molecule has 0 bridgehead atoms. The van der Waals surface area contributed by atoms with Crippen molar-refractivity contribution < 1.29 is 14.7 Å². The Bertz CT molecular complexity index is 441. The molecule has 0 saturated carbocycles. The van der Waals surface area contributed by atoms with E-state index in [9.17, 15) is 14.7 Å². The van der Waals surface area contributed by atoms with E-state index >= 15 is 0 Å². The Hall–Kier alpha value is -1.84. The lowest BCUT2D eigenvalue weighted by atomic mass is 10.0. The Balaban J connectivity index is 3.00. The fourth-order valence-electron chi connectivity index (χ4n) is 1.73. The predicted molar refractivity (Wildman–Crippen MR) is 70.9 cm³/mol. The van der Waals surface area contributed by atoms with E-state index in [4.69, 9.17) is 0 Å². The first-order chi connectivity index (χ1) is 8.60. The van der Waals surface area contributed by atoms with Crippen molar-refractivity contribution in [2.45, 2.75) is 39.5 Å². The van der Waals surface area contributed by atoms with Gasteiger partial charge in [0.1, 0.15) is 5.75 Å². The van der Waals surface area contributed by atoms with Crippen molar-refractivity contribution in [2.24, 2.45) is 0 Å². The highest BCUT2D eigenvalue weighted by atomic mass is 16.3. The minimum absolute atomic E-state index is 0.0808. The molecule has 0 aliphatic heterocycles. The molecule has 0 aliphatic carbocycles. The predicted octanol–water partition coefficient (Wildman–Crippen LogP) is 3.11. The number of carbonyl (C=O) groups excluding carboxylic acids is 2. The van der Waals surface area contributed by atoms with E-state index in [0.29, 0.717) is 24.9 Å². The van der Waals surface area contributed by atoms with Gasteiger partial charge in [-0.2, -0.15) is 0 Å². The van der Waals surface area contributed by atoms with Gasteiger partial charge in [-0.1, -0.05) is 19.9 Å². The molecule has 1 amide bonds. The van der Waals surface area contributed by atoms with Gasteiger partial charge in [0.15, 0.2) is 5.78 Å².